The van der Waals surface area contributed by atoms with Crippen LogP contribution in [-0.2, 0) is 33.3 Å². The number of ether oxygens (including phenoxy) is 5. The fraction of sp³-hybridized carbons (Fsp3) is 0.533. The van der Waals surface area contributed by atoms with Crippen molar-refractivity contribution >= 4 is 11.9 Å². The molecular formula is C30H40O8. The Morgan fingerprint density at radius 2 is 1.16 bits per heavy atom. The summed E-state index contributed by atoms with van der Waals surface area (Å²) >= 11 is 0. The molecule has 0 aliphatic heterocycles. The first kappa shape index (κ1) is 29.1. The molecule has 0 saturated heterocycles. The van der Waals surface area contributed by atoms with Crippen molar-refractivity contribution in [3.8, 4) is 0 Å². The first-order chi connectivity index (χ1) is 18.4. The largest absolute Gasteiger partial charge is 0.478 e. The summed E-state index contributed by atoms with van der Waals surface area (Å²) in [6.45, 7) is 6.99. The van der Waals surface area contributed by atoms with E-state index in [0.29, 0.717) is 0 Å². The first-order valence-electron chi connectivity index (χ1n) is 13.6. The molecule has 208 valence electrons. The molecule has 0 saturated carbocycles. The molecule has 0 bridgehead atoms. The van der Waals surface area contributed by atoms with Gasteiger partial charge in [-0.25, -0.2) is 9.59 Å². The third-order valence-corrected chi connectivity index (χ3v) is 6.37. The van der Waals surface area contributed by atoms with Crippen molar-refractivity contribution in [1.29, 1.82) is 0 Å². The van der Waals surface area contributed by atoms with Gasteiger partial charge in [0.25, 0.3) is 6.29 Å². The van der Waals surface area contributed by atoms with Gasteiger partial charge in [-0.2, -0.15) is 0 Å². The molecule has 0 fully saturated rings. The lowest BCUT2D eigenvalue weighted by Gasteiger charge is -2.22. The summed E-state index contributed by atoms with van der Waals surface area (Å²) < 4.78 is 28.1. The molecule has 8 heteroatoms. The van der Waals surface area contributed by atoms with Crippen molar-refractivity contribution in [2.45, 2.75) is 96.1 Å². The van der Waals surface area contributed by atoms with Gasteiger partial charge < -0.3 is 28.8 Å². The fourth-order valence-corrected chi connectivity index (χ4v) is 4.37. The van der Waals surface area contributed by atoms with E-state index in [2.05, 4.69) is 25.3 Å². The minimum absolute atomic E-state index is 0.0829. The second kappa shape index (κ2) is 15.7. The quantitative estimate of drug-likeness (QED) is 0.151. The van der Waals surface area contributed by atoms with Crippen LogP contribution in [0.2, 0.25) is 0 Å². The molecule has 8 nitrogen and oxygen atoms in total. The highest BCUT2D eigenvalue weighted by molar-refractivity contribution is 5.85. The highest BCUT2D eigenvalue weighted by Crippen LogP contribution is 2.27. The zero-order valence-electron chi connectivity index (χ0n) is 22.2. The van der Waals surface area contributed by atoms with E-state index >= 15 is 0 Å². The molecule has 0 heterocycles. The number of carbonyl (C=O) groups is 2. The summed E-state index contributed by atoms with van der Waals surface area (Å²) in [6.07, 6.45) is 20.6. The van der Waals surface area contributed by atoms with Gasteiger partial charge in [0.15, 0.2) is 6.61 Å². The van der Waals surface area contributed by atoms with Crippen molar-refractivity contribution in [1.82, 2.24) is 0 Å². The van der Waals surface area contributed by atoms with Crippen LogP contribution in [0.5, 0.6) is 0 Å². The van der Waals surface area contributed by atoms with Gasteiger partial charge >= 0.3 is 11.9 Å². The Morgan fingerprint density at radius 3 is 1.47 bits per heavy atom. The Morgan fingerprint density at radius 1 is 0.763 bits per heavy atom. The summed E-state index contributed by atoms with van der Waals surface area (Å²) in [7, 11) is 0. The van der Waals surface area contributed by atoms with E-state index in [-0.39, 0.29) is 18.6 Å². The monoisotopic (exact) mass is 528 g/mol. The molecule has 38 heavy (non-hydrogen) atoms. The molecule has 0 atom stereocenters. The summed E-state index contributed by atoms with van der Waals surface area (Å²) in [5.41, 5.74) is 0.113. The fourth-order valence-electron chi connectivity index (χ4n) is 4.37. The maximum atomic E-state index is 11.1. The molecule has 0 aromatic carbocycles. The van der Waals surface area contributed by atoms with Gasteiger partial charge in [0.05, 0.1) is 29.5 Å². The number of hydrogen-bond acceptors (Lipinski definition) is 7. The first-order valence-corrected chi connectivity index (χ1v) is 13.6. The van der Waals surface area contributed by atoms with Crippen molar-refractivity contribution in [2.75, 3.05) is 6.61 Å². The minimum atomic E-state index is -1.00. The van der Waals surface area contributed by atoms with Crippen LogP contribution in [-0.4, -0.2) is 36.2 Å². The smallest absolute Gasteiger partial charge is 0.331 e. The van der Waals surface area contributed by atoms with E-state index < -0.39 is 24.5 Å². The second-order valence-corrected chi connectivity index (χ2v) is 9.53. The van der Waals surface area contributed by atoms with Crippen LogP contribution in [0.3, 0.4) is 0 Å². The number of rotatable bonds is 14. The Balaban J connectivity index is 0.000000211. The number of esters is 1. The predicted octanol–water partition coefficient (Wildman–Crippen LogP) is 6.72. The highest BCUT2D eigenvalue weighted by Gasteiger charge is 2.22. The standard InChI is InChI=1S/2C15H20O4/c1-11(15(16)17)10-14(18-12-6-2-3-7-12)19-13-8-4-5-9-13;1-2-14(16)17-11-15(18-12-7-3-4-8-12)19-13-9-5-6-10-13/h6,8,14H,1-5,7,9-10H2,(H,16,17);2,7,9,15H,1,3-6,8,10-11H2. The minimum Gasteiger partial charge on any atom is -0.478 e. The average molecular weight is 529 g/mol. The van der Waals surface area contributed by atoms with Crippen LogP contribution < -0.4 is 0 Å². The van der Waals surface area contributed by atoms with Crippen LogP contribution in [0, 0.1) is 0 Å². The SMILES string of the molecule is C=C(CC(OC1=CCCC1)OC1=CCCC1)C(=O)O.C=CC(=O)OCC(OC1=CCCC1)OC1=CCCC1. The summed E-state index contributed by atoms with van der Waals surface area (Å²) in [4.78, 5) is 22.0. The van der Waals surface area contributed by atoms with E-state index in [1.54, 1.807) is 0 Å². The van der Waals surface area contributed by atoms with E-state index in [9.17, 15) is 9.59 Å². The zero-order valence-corrected chi connectivity index (χ0v) is 22.2. The highest BCUT2D eigenvalue weighted by atomic mass is 16.7. The number of allylic oxidation sites excluding steroid dienone is 8. The van der Waals surface area contributed by atoms with Gasteiger partial charge in [-0.1, -0.05) is 13.2 Å². The van der Waals surface area contributed by atoms with E-state index in [1.165, 1.54) is 0 Å². The Hall–Kier alpha value is -3.42. The third kappa shape index (κ3) is 10.5. The maximum Gasteiger partial charge on any atom is 0.331 e. The van der Waals surface area contributed by atoms with Gasteiger partial charge in [-0.3, -0.25) is 0 Å². The lowest BCUT2D eigenvalue weighted by molar-refractivity contribution is -0.158. The Kier molecular flexibility index (Phi) is 12.1. The van der Waals surface area contributed by atoms with Gasteiger partial charge in [0.2, 0.25) is 6.29 Å². The van der Waals surface area contributed by atoms with Crippen molar-refractivity contribution in [3.05, 3.63) is 72.1 Å². The van der Waals surface area contributed by atoms with Crippen LogP contribution in [0.4, 0.5) is 0 Å². The molecule has 4 rings (SSSR count). The molecule has 0 aromatic rings. The van der Waals surface area contributed by atoms with E-state index in [4.69, 9.17) is 28.8 Å². The van der Waals surface area contributed by atoms with Crippen LogP contribution in [0.15, 0.2) is 72.1 Å². The summed E-state index contributed by atoms with van der Waals surface area (Å²) in [5, 5.41) is 8.91. The van der Waals surface area contributed by atoms with Crippen molar-refractivity contribution in [3.63, 3.8) is 0 Å². The maximum absolute atomic E-state index is 11.1. The number of aliphatic carboxylic acids is 1. The summed E-state index contributed by atoms with van der Waals surface area (Å²) in [6, 6.07) is 0. The van der Waals surface area contributed by atoms with Gasteiger partial charge in [-0.15, -0.1) is 0 Å². The second-order valence-electron chi connectivity index (χ2n) is 9.53. The molecule has 4 aliphatic rings. The molecule has 0 aromatic heterocycles. The van der Waals surface area contributed by atoms with Gasteiger partial charge in [-0.05, 0) is 75.7 Å². The number of carboxylic acid groups (broad SMARTS) is 1. The lowest BCUT2D eigenvalue weighted by Crippen LogP contribution is -2.24. The molecule has 1 N–H and O–H groups in total. The predicted molar refractivity (Wildman–Crippen MR) is 142 cm³/mol. The van der Waals surface area contributed by atoms with Crippen LogP contribution in [0.1, 0.15) is 83.5 Å². The van der Waals surface area contributed by atoms with Crippen LogP contribution in [0.25, 0.3) is 0 Å². The number of carboxylic acids is 1. The topological polar surface area (TPSA) is 101 Å². The van der Waals surface area contributed by atoms with E-state index in [0.717, 1.165) is 106 Å². The summed E-state index contributed by atoms with van der Waals surface area (Å²) in [5.74, 6) is 2.20. The Labute approximate surface area is 225 Å². The number of hydrogen-bond donors (Lipinski definition) is 1. The van der Waals surface area contributed by atoms with Crippen molar-refractivity contribution in [2.24, 2.45) is 0 Å². The molecule has 0 amide bonds. The van der Waals surface area contributed by atoms with Gasteiger partial charge in [0, 0.05) is 37.3 Å². The van der Waals surface area contributed by atoms with Crippen LogP contribution >= 0.6 is 0 Å². The number of carbonyl (C=O) groups excluding carboxylic acids is 1. The zero-order chi connectivity index (χ0) is 27.2. The average Bonchev–Trinajstić information content (AvgIpc) is 3.72. The molecule has 0 spiro atoms. The van der Waals surface area contributed by atoms with E-state index in [1.807, 2.05) is 12.2 Å². The molecule has 0 radical (unpaired) electrons. The molecule has 4 aliphatic carbocycles. The third-order valence-electron chi connectivity index (χ3n) is 6.37. The lowest BCUT2D eigenvalue weighted by atomic mass is 10.2. The normalized spacial score (nSPS) is 18.1. The van der Waals surface area contributed by atoms with Crippen molar-refractivity contribution < 1.29 is 38.4 Å². The van der Waals surface area contributed by atoms with Gasteiger partial charge in [0.1, 0.15) is 0 Å². The Bertz CT molecular complexity index is 911. The molecular weight excluding hydrogens is 488 g/mol. The molecule has 0 unspecified atom stereocenters.